The first-order chi connectivity index (χ1) is 9.62. The second kappa shape index (κ2) is 6.80. The molecule has 0 aliphatic carbocycles. The Kier molecular flexibility index (Phi) is 5.60. The molecule has 1 aromatic rings. The fourth-order valence-electron chi connectivity index (χ4n) is 1.68. The van der Waals surface area contributed by atoms with E-state index in [1.807, 2.05) is 0 Å². The fraction of sp³-hybridized carbons (Fsp3) is 0.500. The number of carbonyl (C=O) groups excluding carboxylic acids is 1. The summed E-state index contributed by atoms with van der Waals surface area (Å²) in [6, 6.07) is 0.438. The average molecular weight is 304 g/mol. The van der Waals surface area contributed by atoms with Gasteiger partial charge in [0, 0.05) is 30.3 Å². The summed E-state index contributed by atoms with van der Waals surface area (Å²) in [5.74, 6) is -3.04. The molecule has 0 saturated heterocycles. The van der Waals surface area contributed by atoms with Crippen LogP contribution < -0.4 is 11.1 Å². The standard InChI is InChI=1S/C14H19F3N2O2/c1-14(2,3)21-13(20)19-9(7-18)6-10-11(16)4-8(15)5-12(10)17/h4-5,9H,6-7,18H2,1-3H3,(H,19,20). The Morgan fingerprint density at radius 1 is 1.29 bits per heavy atom. The number of nitrogens with one attached hydrogen (secondary N) is 1. The first kappa shape index (κ1) is 17.3. The third kappa shape index (κ3) is 5.63. The minimum atomic E-state index is -1.02. The van der Waals surface area contributed by atoms with Gasteiger partial charge in [0.2, 0.25) is 0 Å². The van der Waals surface area contributed by atoms with Crippen LogP contribution >= 0.6 is 0 Å². The van der Waals surface area contributed by atoms with Crippen molar-refractivity contribution in [2.24, 2.45) is 5.73 Å². The van der Waals surface area contributed by atoms with Gasteiger partial charge in [0.05, 0.1) is 0 Å². The molecule has 0 aliphatic rings. The molecule has 0 saturated carbocycles. The Morgan fingerprint density at radius 3 is 2.24 bits per heavy atom. The summed E-state index contributed by atoms with van der Waals surface area (Å²) in [4.78, 5) is 11.6. The molecule has 0 radical (unpaired) electrons. The molecule has 21 heavy (non-hydrogen) atoms. The van der Waals surface area contributed by atoms with Crippen molar-refractivity contribution in [3.8, 4) is 0 Å². The zero-order chi connectivity index (χ0) is 16.2. The van der Waals surface area contributed by atoms with Crippen LogP contribution in [0.1, 0.15) is 26.3 Å². The predicted octanol–water partition coefficient (Wildman–Crippen LogP) is 2.50. The molecule has 1 unspecified atom stereocenters. The lowest BCUT2D eigenvalue weighted by atomic mass is 10.0. The molecule has 3 N–H and O–H groups in total. The lowest BCUT2D eigenvalue weighted by molar-refractivity contribution is 0.0505. The van der Waals surface area contributed by atoms with Crippen molar-refractivity contribution < 1.29 is 22.7 Å². The lowest BCUT2D eigenvalue weighted by Gasteiger charge is -2.23. The van der Waals surface area contributed by atoms with Crippen molar-refractivity contribution >= 4 is 6.09 Å². The molecule has 0 heterocycles. The van der Waals surface area contributed by atoms with Crippen molar-refractivity contribution in [1.29, 1.82) is 0 Å². The van der Waals surface area contributed by atoms with E-state index in [0.29, 0.717) is 12.1 Å². The van der Waals surface area contributed by atoms with Gasteiger partial charge in [0.25, 0.3) is 0 Å². The number of hydrogen-bond donors (Lipinski definition) is 2. The van der Waals surface area contributed by atoms with Gasteiger partial charge in [-0.1, -0.05) is 0 Å². The van der Waals surface area contributed by atoms with Crippen LogP contribution in [0.25, 0.3) is 0 Å². The van der Waals surface area contributed by atoms with Crippen molar-refractivity contribution in [2.45, 2.75) is 38.8 Å². The summed E-state index contributed by atoms with van der Waals surface area (Å²) >= 11 is 0. The topological polar surface area (TPSA) is 64.3 Å². The van der Waals surface area contributed by atoms with Crippen LogP contribution in [0.5, 0.6) is 0 Å². The Morgan fingerprint density at radius 2 is 1.81 bits per heavy atom. The number of alkyl carbamates (subject to hydrolysis) is 1. The van der Waals surface area contributed by atoms with E-state index >= 15 is 0 Å². The number of nitrogens with two attached hydrogens (primary N) is 1. The summed E-state index contributed by atoms with van der Waals surface area (Å²) in [5.41, 5.74) is 4.44. The molecule has 0 fully saturated rings. The van der Waals surface area contributed by atoms with Crippen LogP contribution in [-0.2, 0) is 11.2 Å². The molecular formula is C14H19F3N2O2. The summed E-state index contributed by atoms with van der Waals surface area (Å²) in [5, 5.41) is 2.43. The zero-order valence-corrected chi connectivity index (χ0v) is 12.2. The van der Waals surface area contributed by atoms with Crippen molar-refractivity contribution in [3.05, 3.63) is 35.1 Å². The zero-order valence-electron chi connectivity index (χ0n) is 12.2. The summed E-state index contributed by atoms with van der Waals surface area (Å²) in [6.07, 6.45) is -0.936. The molecule has 0 bridgehead atoms. The van der Waals surface area contributed by atoms with Gasteiger partial charge in [-0.25, -0.2) is 18.0 Å². The molecule has 0 aromatic heterocycles. The number of ether oxygens (including phenoxy) is 1. The van der Waals surface area contributed by atoms with Crippen molar-refractivity contribution in [2.75, 3.05) is 6.54 Å². The number of amides is 1. The smallest absolute Gasteiger partial charge is 0.407 e. The lowest BCUT2D eigenvalue weighted by Crippen LogP contribution is -2.44. The number of rotatable bonds is 4. The molecule has 1 amide bonds. The van der Waals surface area contributed by atoms with Crippen molar-refractivity contribution in [3.63, 3.8) is 0 Å². The molecule has 1 aromatic carbocycles. The number of benzene rings is 1. The summed E-state index contributed by atoms with van der Waals surface area (Å²) < 4.78 is 45.0. The molecule has 0 aliphatic heterocycles. The molecule has 7 heteroatoms. The van der Waals surface area contributed by atoms with E-state index in [-0.39, 0.29) is 18.5 Å². The van der Waals surface area contributed by atoms with Crippen LogP contribution in [0.4, 0.5) is 18.0 Å². The Balaban J connectivity index is 2.77. The van der Waals surface area contributed by atoms with E-state index < -0.39 is 35.2 Å². The van der Waals surface area contributed by atoms with E-state index in [2.05, 4.69) is 5.32 Å². The van der Waals surface area contributed by atoms with Gasteiger partial charge in [-0.05, 0) is 27.2 Å². The van der Waals surface area contributed by atoms with Gasteiger partial charge >= 0.3 is 6.09 Å². The first-order valence-corrected chi connectivity index (χ1v) is 6.45. The Bertz CT molecular complexity index is 492. The highest BCUT2D eigenvalue weighted by molar-refractivity contribution is 5.68. The Labute approximate surface area is 121 Å². The van der Waals surface area contributed by atoms with Gasteiger partial charge in [0.15, 0.2) is 0 Å². The van der Waals surface area contributed by atoms with E-state index in [1.54, 1.807) is 20.8 Å². The third-order valence-electron chi connectivity index (χ3n) is 2.56. The molecule has 0 spiro atoms. The number of carbonyl (C=O) groups is 1. The van der Waals surface area contributed by atoms with Gasteiger partial charge in [-0.15, -0.1) is 0 Å². The summed E-state index contributed by atoms with van der Waals surface area (Å²) in [6.45, 7) is 5.01. The number of halogens is 3. The van der Waals surface area contributed by atoms with Crippen LogP contribution in [-0.4, -0.2) is 24.3 Å². The normalized spacial score (nSPS) is 12.9. The monoisotopic (exact) mass is 304 g/mol. The van der Waals surface area contributed by atoms with Crippen LogP contribution in [0, 0.1) is 17.5 Å². The van der Waals surface area contributed by atoms with Crippen LogP contribution in [0.3, 0.4) is 0 Å². The molecular weight excluding hydrogens is 285 g/mol. The molecule has 1 rings (SSSR count). The maximum atomic E-state index is 13.6. The quantitative estimate of drug-likeness (QED) is 0.898. The second-order valence-electron chi connectivity index (χ2n) is 5.63. The fourth-order valence-corrected chi connectivity index (χ4v) is 1.68. The van der Waals surface area contributed by atoms with E-state index in [1.165, 1.54) is 0 Å². The SMILES string of the molecule is CC(C)(C)OC(=O)NC(CN)Cc1c(F)cc(F)cc1F. The van der Waals surface area contributed by atoms with Crippen molar-refractivity contribution in [1.82, 2.24) is 5.32 Å². The van der Waals surface area contributed by atoms with E-state index in [9.17, 15) is 18.0 Å². The minimum absolute atomic E-state index is 0.0461. The first-order valence-electron chi connectivity index (χ1n) is 6.45. The van der Waals surface area contributed by atoms with Gasteiger partial charge < -0.3 is 15.8 Å². The number of hydrogen-bond acceptors (Lipinski definition) is 3. The van der Waals surface area contributed by atoms with Gasteiger partial charge in [0.1, 0.15) is 23.1 Å². The average Bonchev–Trinajstić information content (AvgIpc) is 2.29. The highest BCUT2D eigenvalue weighted by Gasteiger charge is 2.21. The Hall–Kier alpha value is -1.76. The maximum absolute atomic E-state index is 13.6. The molecule has 118 valence electrons. The minimum Gasteiger partial charge on any atom is -0.444 e. The van der Waals surface area contributed by atoms with Crippen LogP contribution in [0.2, 0.25) is 0 Å². The van der Waals surface area contributed by atoms with E-state index in [4.69, 9.17) is 10.5 Å². The molecule has 4 nitrogen and oxygen atoms in total. The highest BCUT2D eigenvalue weighted by Crippen LogP contribution is 2.16. The third-order valence-corrected chi connectivity index (χ3v) is 2.56. The van der Waals surface area contributed by atoms with Gasteiger partial charge in [-0.3, -0.25) is 0 Å². The predicted molar refractivity (Wildman–Crippen MR) is 72.2 cm³/mol. The van der Waals surface area contributed by atoms with E-state index in [0.717, 1.165) is 0 Å². The van der Waals surface area contributed by atoms with Crippen LogP contribution in [0.15, 0.2) is 12.1 Å². The highest BCUT2D eigenvalue weighted by atomic mass is 19.1. The molecule has 1 atom stereocenters. The second-order valence-corrected chi connectivity index (χ2v) is 5.63. The summed E-state index contributed by atoms with van der Waals surface area (Å²) in [7, 11) is 0. The van der Waals surface area contributed by atoms with Gasteiger partial charge in [-0.2, -0.15) is 0 Å². The maximum Gasteiger partial charge on any atom is 0.407 e. The largest absolute Gasteiger partial charge is 0.444 e.